The molecular formula is C10H14FNO. The van der Waals surface area contributed by atoms with Crippen LogP contribution in [0.1, 0.15) is 18.6 Å². The molecule has 2 nitrogen and oxygen atoms in total. The Labute approximate surface area is 77.4 Å². The van der Waals surface area contributed by atoms with Gasteiger partial charge in [-0.2, -0.15) is 0 Å². The molecule has 72 valence electrons. The molecule has 13 heavy (non-hydrogen) atoms. The molecule has 0 spiro atoms. The van der Waals surface area contributed by atoms with E-state index in [0.29, 0.717) is 0 Å². The Bertz CT molecular complexity index is 260. The molecule has 0 radical (unpaired) electrons. The molecule has 2 atom stereocenters. The normalized spacial score (nSPS) is 15.4. The van der Waals surface area contributed by atoms with Crippen molar-refractivity contribution in [1.82, 2.24) is 5.32 Å². The summed E-state index contributed by atoms with van der Waals surface area (Å²) in [5.74, 6) is -0.284. The molecule has 1 aromatic carbocycles. The van der Waals surface area contributed by atoms with E-state index in [-0.39, 0.29) is 11.9 Å². The van der Waals surface area contributed by atoms with Crippen LogP contribution in [0.15, 0.2) is 24.3 Å². The quantitative estimate of drug-likeness (QED) is 0.743. The fraction of sp³-hybridized carbons (Fsp3) is 0.400. The molecule has 0 bridgehead atoms. The van der Waals surface area contributed by atoms with Gasteiger partial charge in [0, 0.05) is 6.04 Å². The summed E-state index contributed by atoms with van der Waals surface area (Å²) in [6.07, 6.45) is -0.592. The molecule has 0 unspecified atom stereocenters. The predicted molar refractivity (Wildman–Crippen MR) is 49.9 cm³/mol. The lowest BCUT2D eigenvalue weighted by Crippen LogP contribution is -2.28. The summed E-state index contributed by atoms with van der Waals surface area (Å²) < 4.78 is 12.5. The maximum atomic E-state index is 12.5. The molecule has 3 heteroatoms. The van der Waals surface area contributed by atoms with Gasteiger partial charge in [-0.3, -0.25) is 0 Å². The highest BCUT2D eigenvalue weighted by Gasteiger charge is 2.13. The van der Waals surface area contributed by atoms with Gasteiger partial charge in [-0.1, -0.05) is 12.1 Å². The van der Waals surface area contributed by atoms with E-state index < -0.39 is 6.10 Å². The summed E-state index contributed by atoms with van der Waals surface area (Å²) in [6, 6.07) is 5.84. The van der Waals surface area contributed by atoms with E-state index in [1.54, 1.807) is 19.2 Å². The van der Waals surface area contributed by atoms with Crippen LogP contribution in [0.4, 0.5) is 4.39 Å². The highest BCUT2D eigenvalue weighted by molar-refractivity contribution is 5.19. The van der Waals surface area contributed by atoms with Gasteiger partial charge in [0.1, 0.15) is 5.82 Å². The first-order chi connectivity index (χ1) is 6.15. The Kier molecular flexibility index (Phi) is 3.39. The van der Waals surface area contributed by atoms with Crippen molar-refractivity contribution < 1.29 is 9.50 Å². The van der Waals surface area contributed by atoms with E-state index in [1.807, 2.05) is 6.92 Å². The third-order valence-electron chi connectivity index (χ3n) is 2.14. The van der Waals surface area contributed by atoms with E-state index in [1.165, 1.54) is 12.1 Å². The summed E-state index contributed by atoms with van der Waals surface area (Å²) in [5, 5.41) is 12.6. The molecule has 0 fully saturated rings. The van der Waals surface area contributed by atoms with Gasteiger partial charge < -0.3 is 10.4 Å². The van der Waals surface area contributed by atoms with E-state index in [4.69, 9.17) is 0 Å². The second-order valence-corrected chi connectivity index (χ2v) is 3.07. The van der Waals surface area contributed by atoms with Gasteiger partial charge >= 0.3 is 0 Å². The second-order valence-electron chi connectivity index (χ2n) is 3.07. The minimum Gasteiger partial charge on any atom is -0.387 e. The van der Waals surface area contributed by atoms with Gasteiger partial charge in [0.2, 0.25) is 0 Å². The maximum Gasteiger partial charge on any atom is 0.123 e. The first kappa shape index (κ1) is 10.2. The lowest BCUT2D eigenvalue weighted by molar-refractivity contribution is 0.140. The number of hydrogen-bond donors (Lipinski definition) is 2. The topological polar surface area (TPSA) is 32.3 Å². The Hall–Kier alpha value is -0.930. The zero-order chi connectivity index (χ0) is 9.84. The highest BCUT2D eigenvalue weighted by atomic mass is 19.1. The molecule has 1 rings (SSSR count). The largest absolute Gasteiger partial charge is 0.387 e. The Morgan fingerprint density at radius 3 is 2.31 bits per heavy atom. The van der Waals surface area contributed by atoms with Crippen LogP contribution in [0.2, 0.25) is 0 Å². The smallest absolute Gasteiger partial charge is 0.123 e. The zero-order valence-corrected chi connectivity index (χ0v) is 7.79. The highest BCUT2D eigenvalue weighted by Crippen LogP contribution is 2.16. The fourth-order valence-corrected chi connectivity index (χ4v) is 1.11. The molecule has 0 aliphatic carbocycles. The monoisotopic (exact) mass is 183 g/mol. The Balaban J connectivity index is 2.77. The summed E-state index contributed by atoms with van der Waals surface area (Å²) in [6.45, 7) is 1.87. The average molecular weight is 183 g/mol. The van der Waals surface area contributed by atoms with Crippen LogP contribution in [0.25, 0.3) is 0 Å². The lowest BCUT2D eigenvalue weighted by Gasteiger charge is -2.18. The van der Waals surface area contributed by atoms with E-state index in [2.05, 4.69) is 5.32 Å². The van der Waals surface area contributed by atoms with Crippen molar-refractivity contribution >= 4 is 0 Å². The second kappa shape index (κ2) is 4.35. The molecule has 0 aliphatic rings. The van der Waals surface area contributed by atoms with E-state index >= 15 is 0 Å². The van der Waals surface area contributed by atoms with Crippen molar-refractivity contribution in [3.63, 3.8) is 0 Å². The first-order valence-electron chi connectivity index (χ1n) is 4.26. The molecule has 0 saturated heterocycles. The summed E-state index contributed by atoms with van der Waals surface area (Å²) in [7, 11) is 1.78. The van der Waals surface area contributed by atoms with Crippen molar-refractivity contribution in [3.8, 4) is 0 Å². The summed E-state index contributed by atoms with van der Waals surface area (Å²) in [4.78, 5) is 0. The zero-order valence-electron chi connectivity index (χ0n) is 7.79. The van der Waals surface area contributed by atoms with Crippen LogP contribution in [0.5, 0.6) is 0 Å². The van der Waals surface area contributed by atoms with Crippen LogP contribution in [-0.4, -0.2) is 18.2 Å². The van der Waals surface area contributed by atoms with Gasteiger partial charge in [0.05, 0.1) is 6.10 Å². The van der Waals surface area contributed by atoms with Crippen LogP contribution < -0.4 is 5.32 Å². The summed E-state index contributed by atoms with van der Waals surface area (Å²) in [5.41, 5.74) is 0.725. The number of rotatable bonds is 3. The van der Waals surface area contributed by atoms with Gasteiger partial charge in [0.15, 0.2) is 0 Å². The van der Waals surface area contributed by atoms with Gasteiger partial charge in [-0.15, -0.1) is 0 Å². The standard InChI is InChI=1S/C10H14FNO/c1-7(12-2)10(13)8-3-5-9(11)6-4-8/h3-7,10,12-13H,1-2H3/t7-,10+/m1/s1. The molecule has 0 heterocycles. The molecule has 2 N–H and O–H groups in total. The predicted octanol–water partition coefficient (Wildman–Crippen LogP) is 1.47. The number of halogens is 1. The van der Waals surface area contributed by atoms with Crippen LogP contribution in [0.3, 0.4) is 0 Å². The van der Waals surface area contributed by atoms with Crippen molar-refractivity contribution in [2.24, 2.45) is 0 Å². The number of aliphatic hydroxyl groups excluding tert-OH is 1. The molecule has 0 aliphatic heterocycles. The molecule has 1 aromatic rings. The number of benzene rings is 1. The average Bonchev–Trinajstić information content (AvgIpc) is 2.17. The van der Waals surface area contributed by atoms with E-state index in [0.717, 1.165) is 5.56 Å². The third kappa shape index (κ3) is 2.50. The molecule has 0 amide bonds. The van der Waals surface area contributed by atoms with Crippen molar-refractivity contribution in [2.75, 3.05) is 7.05 Å². The minimum atomic E-state index is -0.592. The first-order valence-corrected chi connectivity index (χ1v) is 4.26. The van der Waals surface area contributed by atoms with Crippen molar-refractivity contribution in [3.05, 3.63) is 35.6 Å². The van der Waals surface area contributed by atoms with Crippen LogP contribution in [-0.2, 0) is 0 Å². The van der Waals surface area contributed by atoms with E-state index in [9.17, 15) is 9.50 Å². The SMILES string of the molecule is CN[C@H](C)[C@H](O)c1ccc(F)cc1. The van der Waals surface area contributed by atoms with Gasteiger partial charge in [-0.05, 0) is 31.7 Å². The lowest BCUT2D eigenvalue weighted by atomic mass is 10.0. The van der Waals surface area contributed by atoms with Crippen molar-refractivity contribution in [1.29, 1.82) is 0 Å². The molecule has 0 saturated carbocycles. The number of nitrogens with one attached hydrogen (secondary N) is 1. The Morgan fingerprint density at radius 1 is 1.31 bits per heavy atom. The van der Waals surface area contributed by atoms with Crippen LogP contribution >= 0.6 is 0 Å². The number of aliphatic hydroxyl groups is 1. The van der Waals surface area contributed by atoms with Gasteiger partial charge in [-0.25, -0.2) is 4.39 Å². The summed E-state index contributed by atoms with van der Waals surface area (Å²) >= 11 is 0. The van der Waals surface area contributed by atoms with Crippen molar-refractivity contribution in [2.45, 2.75) is 19.1 Å². The molecular weight excluding hydrogens is 169 g/mol. The third-order valence-corrected chi connectivity index (χ3v) is 2.14. The maximum absolute atomic E-state index is 12.5. The molecule has 0 aromatic heterocycles. The minimum absolute atomic E-state index is 0.0366. The number of hydrogen-bond acceptors (Lipinski definition) is 2. The fourth-order valence-electron chi connectivity index (χ4n) is 1.11. The van der Waals surface area contributed by atoms with Gasteiger partial charge in [0.25, 0.3) is 0 Å². The van der Waals surface area contributed by atoms with Crippen LogP contribution in [0, 0.1) is 5.82 Å². The Morgan fingerprint density at radius 2 is 1.85 bits per heavy atom. The number of likely N-dealkylation sites (N-methyl/N-ethyl adjacent to an activating group) is 1.